The predicted molar refractivity (Wildman–Crippen MR) is 92.7 cm³/mol. The highest BCUT2D eigenvalue weighted by Crippen LogP contribution is 2.20. The van der Waals surface area contributed by atoms with E-state index >= 15 is 0 Å². The molecule has 0 spiro atoms. The normalized spacial score (nSPS) is 10.5. The maximum atomic E-state index is 5.74. The molecular formula is C16H24Br2O2. The Morgan fingerprint density at radius 1 is 0.700 bits per heavy atom. The molecule has 0 aliphatic rings. The monoisotopic (exact) mass is 406 g/mol. The SMILES string of the molecule is BrCCCCCOc1cccc(OCCCCCBr)c1. The van der Waals surface area contributed by atoms with E-state index in [2.05, 4.69) is 31.9 Å². The molecule has 0 aliphatic heterocycles. The smallest absolute Gasteiger partial charge is 0.122 e. The number of unbranched alkanes of at least 4 members (excludes halogenated alkanes) is 4. The van der Waals surface area contributed by atoms with Gasteiger partial charge in [0.25, 0.3) is 0 Å². The van der Waals surface area contributed by atoms with E-state index in [1.807, 2.05) is 24.3 Å². The van der Waals surface area contributed by atoms with Gasteiger partial charge in [0, 0.05) is 16.7 Å². The van der Waals surface area contributed by atoms with Gasteiger partial charge in [-0.15, -0.1) is 0 Å². The Kier molecular flexibility index (Phi) is 11.2. The van der Waals surface area contributed by atoms with Crippen molar-refractivity contribution in [1.82, 2.24) is 0 Å². The first-order chi connectivity index (χ1) is 9.86. The molecule has 114 valence electrons. The van der Waals surface area contributed by atoms with Crippen LogP contribution in [-0.2, 0) is 0 Å². The first-order valence-corrected chi connectivity index (χ1v) is 9.58. The molecule has 0 heterocycles. The lowest BCUT2D eigenvalue weighted by Gasteiger charge is -2.09. The van der Waals surface area contributed by atoms with Gasteiger partial charge in [0.1, 0.15) is 11.5 Å². The van der Waals surface area contributed by atoms with Crippen molar-refractivity contribution in [2.45, 2.75) is 38.5 Å². The molecule has 0 saturated heterocycles. The second-order valence-corrected chi connectivity index (χ2v) is 6.26. The second-order valence-electron chi connectivity index (χ2n) is 4.67. The Labute approximate surface area is 139 Å². The molecule has 1 rings (SSSR count). The Balaban J connectivity index is 2.19. The molecule has 1 aromatic carbocycles. The van der Waals surface area contributed by atoms with Crippen LogP contribution < -0.4 is 9.47 Å². The van der Waals surface area contributed by atoms with Gasteiger partial charge in [0.2, 0.25) is 0 Å². The lowest BCUT2D eigenvalue weighted by Crippen LogP contribution is -2.00. The van der Waals surface area contributed by atoms with Crippen LogP contribution in [0.3, 0.4) is 0 Å². The molecule has 0 bridgehead atoms. The maximum absolute atomic E-state index is 5.74. The van der Waals surface area contributed by atoms with Gasteiger partial charge in [-0.3, -0.25) is 0 Å². The summed E-state index contributed by atoms with van der Waals surface area (Å²) in [6, 6.07) is 7.95. The van der Waals surface area contributed by atoms with Gasteiger partial charge >= 0.3 is 0 Å². The molecular weight excluding hydrogens is 384 g/mol. The molecule has 4 heteroatoms. The zero-order chi connectivity index (χ0) is 14.5. The van der Waals surface area contributed by atoms with Crippen molar-refractivity contribution in [2.75, 3.05) is 23.9 Å². The summed E-state index contributed by atoms with van der Waals surface area (Å²) in [5.41, 5.74) is 0. The average molecular weight is 408 g/mol. The fourth-order valence-corrected chi connectivity index (χ4v) is 2.57. The van der Waals surface area contributed by atoms with E-state index in [-0.39, 0.29) is 0 Å². The minimum atomic E-state index is 0.779. The average Bonchev–Trinajstić information content (AvgIpc) is 2.47. The fourth-order valence-electron chi connectivity index (χ4n) is 1.78. The van der Waals surface area contributed by atoms with E-state index in [9.17, 15) is 0 Å². The highest BCUT2D eigenvalue weighted by atomic mass is 79.9. The summed E-state index contributed by atoms with van der Waals surface area (Å²) in [5, 5.41) is 2.15. The largest absolute Gasteiger partial charge is 0.493 e. The van der Waals surface area contributed by atoms with E-state index in [0.29, 0.717) is 0 Å². The van der Waals surface area contributed by atoms with Crippen molar-refractivity contribution < 1.29 is 9.47 Å². The molecule has 2 nitrogen and oxygen atoms in total. The van der Waals surface area contributed by atoms with Crippen LogP contribution in [0.5, 0.6) is 11.5 Å². The van der Waals surface area contributed by atoms with Gasteiger partial charge in [-0.25, -0.2) is 0 Å². The molecule has 0 aliphatic carbocycles. The molecule has 1 aromatic rings. The molecule has 0 unspecified atom stereocenters. The molecule has 0 atom stereocenters. The third kappa shape index (κ3) is 8.85. The highest BCUT2D eigenvalue weighted by molar-refractivity contribution is 9.09. The van der Waals surface area contributed by atoms with Crippen molar-refractivity contribution >= 4 is 31.9 Å². The van der Waals surface area contributed by atoms with Crippen molar-refractivity contribution in [1.29, 1.82) is 0 Å². The third-order valence-corrected chi connectivity index (χ3v) is 4.02. The topological polar surface area (TPSA) is 18.5 Å². The van der Waals surface area contributed by atoms with Gasteiger partial charge in [-0.05, 0) is 50.7 Å². The number of halogens is 2. The molecule has 0 radical (unpaired) electrons. The van der Waals surface area contributed by atoms with Crippen LogP contribution in [0.4, 0.5) is 0 Å². The van der Waals surface area contributed by atoms with Gasteiger partial charge < -0.3 is 9.47 Å². The first-order valence-electron chi connectivity index (χ1n) is 7.34. The summed E-state index contributed by atoms with van der Waals surface area (Å²) in [4.78, 5) is 0. The van der Waals surface area contributed by atoms with E-state index in [1.54, 1.807) is 0 Å². The van der Waals surface area contributed by atoms with Gasteiger partial charge in [0.15, 0.2) is 0 Å². The van der Waals surface area contributed by atoms with Crippen LogP contribution in [0.2, 0.25) is 0 Å². The zero-order valence-electron chi connectivity index (χ0n) is 12.0. The molecule has 0 fully saturated rings. The fraction of sp³-hybridized carbons (Fsp3) is 0.625. The van der Waals surface area contributed by atoms with Crippen LogP contribution in [0.25, 0.3) is 0 Å². The lowest BCUT2D eigenvalue weighted by molar-refractivity contribution is 0.291. The zero-order valence-corrected chi connectivity index (χ0v) is 15.1. The summed E-state index contributed by atoms with van der Waals surface area (Å²) >= 11 is 6.87. The summed E-state index contributed by atoms with van der Waals surface area (Å²) in [6.45, 7) is 1.56. The number of hydrogen-bond acceptors (Lipinski definition) is 2. The Morgan fingerprint density at radius 3 is 1.65 bits per heavy atom. The van der Waals surface area contributed by atoms with E-state index < -0.39 is 0 Å². The first kappa shape index (κ1) is 17.8. The van der Waals surface area contributed by atoms with Crippen LogP contribution in [0.15, 0.2) is 24.3 Å². The minimum absolute atomic E-state index is 0.779. The quantitative estimate of drug-likeness (QED) is 0.332. The Bertz CT molecular complexity index is 316. The summed E-state index contributed by atoms with van der Waals surface area (Å²) in [6.07, 6.45) is 7.03. The summed E-state index contributed by atoms with van der Waals surface area (Å²) in [5.74, 6) is 1.81. The van der Waals surface area contributed by atoms with E-state index in [1.165, 1.54) is 25.7 Å². The van der Waals surface area contributed by atoms with E-state index in [0.717, 1.165) is 48.2 Å². The highest BCUT2D eigenvalue weighted by Gasteiger charge is 1.98. The van der Waals surface area contributed by atoms with Crippen LogP contribution >= 0.6 is 31.9 Å². The summed E-state index contributed by atoms with van der Waals surface area (Å²) in [7, 11) is 0. The van der Waals surface area contributed by atoms with Gasteiger partial charge in [0.05, 0.1) is 13.2 Å². The molecule has 0 saturated carbocycles. The summed E-state index contributed by atoms with van der Waals surface area (Å²) < 4.78 is 11.5. The lowest BCUT2D eigenvalue weighted by atomic mass is 10.2. The number of benzene rings is 1. The number of alkyl halides is 2. The van der Waals surface area contributed by atoms with Crippen LogP contribution in [-0.4, -0.2) is 23.9 Å². The molecule has 20 heavy (non-hydrogen) atoms. The molecule has 0 amide bonds. The number of ether oxygens (including phenoxy) is 2. The molecule has 0 N–H and O–H groups in total. The van der Waals surface area contributed by atoms with Gasteiger partial charge in [-0.2, -0.15) is 0 Å². The Morgan fingerprint density at radius 2 is 1.20 bits per heavy atom. The maximum Gasteiger partial charge on any atom is 0.122 e. The Hall–Kier alpha value is -0.220. The minimum Gasteiger partial charge on any atom is -0.493 e. The standard InChI is InChI=1S/C16H24Br2O2/c17-10-3-1-5-12-19-15-8-7-9-16(14-15)20-13-6-2-4-11-18/h7-9,14H,1-6,10-13H2. The van der Waals surface area contributed by atoms with Crippen LogP contribution in [0.1, 0.15) is 38.5 Å². The molecule has 0 aromatic heterocycles. The number of rotatable bonds is 12. The van der Waals surface area contributed by atoms with E-state index in [4.69, 9.17) is 9.47 Å². The van der Waals surface area contributed by atoms with Crippen molar-refractivity contribution in [3.05, 3.63) is 24.3 Å². The van der Waals surface area contributed by atoms with Crippen molar-refractivity contribution in [2.24, 2.45) is 0 Å². The third-order valence-electron chi connectivity index (χ3n) is 2.90. The predicted octanol–water partition coefficient (Wildman–Crippen LogP) is 5.57. The number of hydrogen-bond donors (Lipinski definition) is 0. The van der Waals surface area contributed by atoms with Crippen molar-refractivity contribution in [3.8, 4) is 11.5 Å². The van der Waals surface area contributed by atoms with Crippen molar-refractivity contribution in [3.63, 3.8) is 0 Å². The van der Waals surface area contributed by atoms with Crippen LogP contribution in [0, 0.1) is 0 Å². The second kappa shape index (κ2) is 12.5. The van der Waals surface area contributed by atoms with Gasteiger partial charge in [-0.1, -0.05) is 37.9 Å².